The van der Waals surface area contributed by atoms with Gasteiger partial charge in [0.15, 0.2) is 0 Å². The van der Waals surface area contributed by atoms with Gasteiger partial charge >= 0.3 is 7.25 Å². The van der Waals surface area contributed by atoms with Crippen LogP contribution >= 0.6 is 0 Å². The average molecular weight is 281 g/mol. The fourth-order valence-corrected chi connectivity index (χ4v) is 2.13. The number of hydrogen-bond donors (Lipinski definition) is 0. The summed E-state index contributed by atoms with van der Waals surface area (Å²) in [7, 11) is -3.88. The topological polar surface area (TPSA) is 3.88 Å². The van der Waals surface area contributed by atoms with Gasteiger partial charge in [0.1, 0.15) is 7.05 Å². The molecule has 0 N–H and O–H groups in total. The second kappa shape index (κ2) is 5.49. The minimum Gasteiger partial charge on any atom is -0.418 e. The maximum absolute atomic E-state index is 9.75. The number of para-hydroxylation sites is 2. The Labute approximate surface area is 113 Å². The van der Waals surface area contributed by atoms with Gasteiger partial charge in [-0.2, -0.15) is 4.57 Å². The number of aryl methyl sites for hydroxylation is 1. The first-order valence-electron chi connectivity index (χ1n) is 6.00. The molecule has 0 bridgehead atoms. The Kier molecular flexibility index (Phi) is 3.92. The highest BCUT2D eigenvalue weighted by Crippen LogP contribution is 2.16. The lowest BCUT2D eigenvalue weighted by molar-refractivity contribution is -0.617. The number of nitrogens with zero attached hydrogens (tertiary/aromatic N) is 1. The molecule has 20 heavy (non-hydrogen) atoms. The van der Waals surface area contributed by atoms with Crippen LogP contribution in [0.5, 0.6) is 0 Å². The van der Waals surface area contributed by atoms with Gasteiger partial charge in [-0.3, -0.25) is 0 Å². The van der Waals surface area contributed by atoms with Gasteiger partial charge in [-0.05, 0) is 18.2 Å². The van der Waals surface area contributed by atoms with E-state index in [2.05, 4.69) is 66.2 Å². The number of fused-ring (bicyclic) bond motifs is 2. The molecule has 0 aliphatic heterocycles. The van der Waals surface area contributed by atoms with Crippen molar-refractivity contribution in [3.63, 3.8) is 0 Å². The second-order valence-electron chi connectivity index (χ2n) is 4.32. The molecule has 104 valence electrons. The zero-order valence-electron chi connectivity index (χ0n) is 10.7. The number of hydrogen-bond acceptors (Lipinski definition) is 0. The predicted molar refractivity (Wildman–Crippen MR) is 72.8 cm³/mol. The fourth-order valence-electron chi connectivity index (χ4n) is 2.13. The third-order valence-electron chi connectivity index (χ3n) is 2.91. The molecule has 6 heteroatoms. The summed E-state index contributed by atoms with van der Waals surface area (Å²) in [6.45, 7) is 0. The molecule has 0 aliphatic rings. The molecular weight excluding hydrogens is 269 g/mol. The molecule has 0 fully saturated rings. The van der Waals surface area contributed by atoms with Crippen molar-refractivity contribution < 1.29 is 21.8 Å². The van der Waals surface area contributed by atoms with Crippen LogP contribution in [0.2, 0.25) is 0 Å². The van der Waals surface area contributed by atoms with E-state index in [1.807, 2.05) is 0 Å². The maximum atomic E-state index is 9.75. The molecule has 3 rings (SSSR count). The molecular formula is C14H12BF4N. The van der Waals surface area contributed by atoms with Crippen LogP contribution in [0, 0.1) is 0 Å². The van der Waals surface area contributed by atoms with Gasteiger partial charge in [0.2, 0.25) is 11.0 Å². The van der Waals surface area contributed by atoms with Crippen LogP contribution in [0.25, 0.3) is 21.8 Å². The quantitative estimate of drug-likeness (QED) is 0.252. The number of benzene rings is 2. The molecule has 0 radical (unpaired) electrons. The Morgan fingerprint density at radius 3 is 1.50 bits per heavy atom. The van der Waals surface area contributed by atoms with Crippen molar-refractivity contribution in [3.05, 3.63) is 54.6 Å². The summed E-state index contributed by atoms with van der Waals surface area (Å²) in [4.78, 5) is 0. The van der Waals surface area contributed by atoms with Gasteiger partial charge in [-0.15, -0.1) is 0 Å². The van der Waals surface area contributed by atoms with Crippen molar-refractivity contribution in [1.29, 1.82) is 0 Å². The van der Waals surface area contributed by atoms with Crippen molar-refractivity contribution in [1.82, 2.24) is 0 Å². The van der Waals surface area contributed by atoms with E-state index in [1.54, 1.807) is 0 Å². The Hall–Kier alpha value is -2.11. The van der Waals surface area contributed by atoms with Gasteiger partial charge in [-0.25, -0.2) is 0 Å². The lowest BCUT2D eigenvalue weighted by atomic mass is 10.1. The summed E-state index contributed by atoms with van der Waals surface area (Å²) in [5.74, 6) is 0. The molecule has 1 nitrogen and oxygen atoms in total. The predicted octanol–water partition coefficient (Wildman–Crippen LogP) is 4.12. The molecule has 0 spiro atoms. The zero-order chi connectivity index (χ0) is 14.8. The smallest absolute Gasteiger partial charge is 0.418 e. The fraction of sp³-hybridized carbons (Fsp3) is 0.0714. The molecule has 0 atom stereocenters. The van der Waals surface area contributed by atoms with Crippen LogP contribution in [0.15, 0.2) is 54.6 Å². The van der Waals surface area contributed by atoms with Crippen LogP contribution in [0.3, 0.4) is 0 Å². The Balaban J connectivity index is 0.000000257. The van der Waals surface area contributed by atoms with E-state index in [0.29, 0.717) is 0 Å². The first kappa shape index (κ1) is 14.3. The summed E-state index contributed by atoms with van der Waals surface area (Å²) < 4.78 is 41.2. The third kappa shape index (κ3) is 3.47. The first-order valence-corrected chi connectivity index (χ1v) is 6.00. The van der Waals surface area contributed by atoms with Crippen molar-refractivity contribution >= 4 is 29.1 Å². The molecule has 0 saturated carbocycles. The Morgan fingerprint density at radius 1 is 0.750 bits per heavy atom. The minimum atomic E-state index is -6.00. The molecule has 1 heterocycles. The lowest BCUT2D eigenvalue weighted by Gasteiger charge is -2.00. The number of halogens is 4. The van der Waals surface area contributed by atoms with Crippen molar-refractivity contribution in [2.45, 2.75) is 0 Å². The van der Waals surface area contributed by atoms with Crippen molar-refractivity contribution in [2.24, 2.45) is 7.05 Å². The maximum Gasteiger partial charge on any atom is 0.673 e. The minimum absolute atomic E-state index is 1.27. The summed E-state index contributed by atoms with van der Waals surface area (Å²) in [6.07, 6.45) is 0. The van der Waals surface area contributed by atoms with Gasteiger partial charge in [0.25, 0.3) is 0 Å². The number of aromatic nitrogens is 1. The number of rotatable bonds is 0. The summed E-state index contributed by atoms with van der Waals surface area (Å²) in [5, 5.41) is 2.58. The molecule has 0 saturated heterocycles. The molecule has 3 aromatic rings. The van der Waals surface area contributed by atoms with Gasteiger partial charge in [0, 0.05) is 22.9 Å². The van der Waals surface area contributed by atoms with E-state index in [9.17, 15) is 17.3 Å². The van der Waals surface area contributed by atoms with Crippen LogP contribution in [-0.2, 0) is 7.05 Å². The van der Waals surface area contributed by atoms with E-state index < -0.39 is 7.25 Å². The summed E-state index contributed by atoms with van der Waals surface area (Å²) >= 11 is 0. The van der Waals surface area contributed by atoms with E-state index in [1.165, 1.54) is 21.8 Å². The molecule has 0 unspecified atom stereocenters. The van der Waals surface area contributed by atoms with Crippen LogP contribution in [-0.4, -0.2) is 7.25 Å². The zero-order valence-corrected chi connectivity index (χ0v) is 10.7. The number of pyridine rings is 1. The lowest BCUT2D eigenvalue weighted by Crippen LogP contribution is -2.29. The second-order valence-corrected chi connectivity index (χ2v) is 4.32. The largest absolute Gasteiger partial charge is 0.673 e. The Morgan fingerprint density at radius 2 is 1.10 bits per heavy atom. The third-order valence-corrected chi connectivity index (χ3v) is 2.91. The normalized spacial score (nSPS) is 11.2. The first-order chi connectivity index (χ1) is 9.36. The highest BCUT2D eigenvalue weighted by molar-refractivity contribution is 6.50. The molecule has 1 aromatic heterocycles. The van der Waals surface area contributed by atoms with Gasteiger partial charge < -0.3 is 17.3 Å². The summed E-state index contributed by atoms with van der Waals surface area (Å²) in [6, 6.07) is 19.2. The van der Waals surface area contributed by atoms with Crippen molar-refractivity contribution in [3.8, 4) is 0 Å². The summed E-state index contributed by atoms with van der Waals surface area (Å²) in [5.41, 5.74) is 2.55. The molecule has 0 amide bonds. The van der Waals surface area contributed by atoms with Gasteiger partial charge in [0.05, 0.1) is 0 Å². The van der Waals surface area contributed by atoms with Crippen LogP contribution in [0.4, 0.5) is 17.3 Å². The monoisotopic (exact) mass is 281 g/mol. The standard InChI is InChI=1S/C14H12N.BF4/c1-15-13-8-4-2-6-11(13)10-12-7-3-5-9-14(12)15;2-1(3,4)5/h2-10H,1H3;/q+1;-1. The average Bonchev–Trinajstić information content (AvgIpc) is 2.37. The SMILES string of the molecule is C[n+]1c2ccccc2cc2ccccc21.F[B-](F)(F)F. The van der Waals surface area contributed by atoms with E-state index in [4.69, 9.17) is 0 Å². The highest BCUT2D eigenvalue weighted by atomic mass is 19.5. The molecule has 0 aliphatic carbocycles. The van der Waals surface area contributed by atoms with Gasteiger partial charge in [-0.1, -0.05) is 24.3 Å². The van der Waals surface area contributed by atoms with Crippen LogP contribution < -0.4 is 4.57 Å². The van der Waals surface area contributed by atoms with Crippen molar-refractivity contribution in [2.75, 3.05) is 0 Å². The van der Waals surface area contributed by atoms with E-state index >= 15 is 0 Å². The van der Waals surface area contributed by atoms with Crippen LogP contribution in [0.1, 0.15) is 0 Å². The van der Waals surface area contributed by atoms with E-state index in [-0.39, 0.29) is 0 Å². The molecule has 2 aromatic carbocycles. The Bertz CT molecular complexity index is 680. The highest BCUT2D eigenvalue weighted by Gasteiger charge is 2.20. The van der Waals surface area contributed by atoms with E-state index in [0.717, 1.165) is 0 Å².